The topological polar surface area (TPSA) is 43.1 Å². The third-order valence-electron chi connectivity index (χ3n) is 2.68. The van der Waals surface area contributed by atoms with E-state index in [1.807, 2.05) is 0 Å². The van der Waals surface area contributed by atoms with Gasteiger partial charge in [0.05, 0.1) is 5.02 Å². The molecule has 0 saturated carbocycles. The Hall–Kier alpha value is -1.94. The molecule has 0 fully saturated rings. The molecule has 0 aliphatic carbocycles. The largest absolute Gasteiger partial charge is 0.399 e. The Kier molecular flexibility index (Phi) is 3.81. The van der Waals surface area contributed by atoms with Crippen molar-refractivity contribution in [3.63, 3.8) is 0 Å². The average Bonchev–Trinajstić information content (AvgIpc) is 2.34. The molecule has 0 saturated heterocycles. The van der Waals surface area contributed by atoms with Crippen LogP contribution in [0.15, 0.2) is 36.4 Å². The smallest absolute Gasteiger partial charge is 0.168 e. The molecule has 0 atom stereocenters. The van der Waals surface area contributed by atoms with Crippen molar-refractivity contribution in [2.45, 2.75) is 6.42 Å². The standard InChI is InChI=1S/C14H10ClF2NO/c15-11-7-9(18)4-5-10(11)13(19)6-8-2-1-3-12(16)14(8)17/h1-5,7H,6,18H2. The van der Waals surface area contributed by atoms with E-state index >= 15 is 0 Å². The minimum absolute atomic E-state index is 0.00195. The Morgan fingerprint density at radius 1 is 1.21 bits per heavy atom. The number of ketones is 1. The summed E-state index contributed by atoms with van der Waals surface area (Å²) in [5, 5.41) is 0.196. The first-order valence-electron chi connectivity index (χ1n) is 5.50. The third kappa shape index (κ3) is 2.90. The number of benzene rings is 2. The first kappa shape index (κ1) is 13.5. The molecule has 2 N–H and O–H groups in total. The number of halogens is 3. The van der Waals surface area contributed by atoms with Crippen LogP contribution in [0.1, 0.15) is 15.9 Å². The molecular weight excluding hydrogens is 272 g/mol. The maximum absolute atomic E-state index is 13.5. The van der Waals surface area contributed by atoms with Gasteiger partial charge in [-0.1, -0.05) is 23.7 Å². The lowest BCUT2D eigenvalue weighted by Gasteiger charge is -2.06. The second-order valence-corrected chi connectivity index (χ2v) is 4.46. The van der Waals surface area contributed by atoms with Gasteiger partial charge in [0.1, 0.15) is 0 Å². The van der Waals surface area contributed by atoms with Crippen molar-refractivity contribution < 1.29 is 13.6 Å². The van der Waals surface area contributed by atoms with E-state index in [1.165, 1.54) is 30.3 Å². The van der Waals surface area contributed by atoms with E-state index in [-0.39, 0.29) is 22.6 Å². The molecule has 2 aromatic carbocycles. The number of carbonyl (C=O) groups excluding carboxylic acids is 1. The predicted molar refractivity (Wildman–Crippen MR) is 70.3 cm³/mol. The number of nitrogens with two attached hydrogens (primary N) is 1. The fourth-order valence-electron chi connectivity index (χ4n) is 1.71. The molecule has 2 aromatic rings. The van der Waals surface area contributed by atoms with Crippen molar-refractivity contribution in [2.24, 2.45) is 0 Å². The van der Waals surface area contributed by atoms with Crippen molar-refractivity contribution in [1.82, 2.24) is 0 Å². The van der Waals surface area contributed by atoms with Gasteiger partial charge in [0, 0.05) is 17.7 Å². The van der Waals surface area contributed by atoms with Gasteiger partial charge in [0.25, 0.3) is 0 Å². The Morgan fingerprint density at radius 3 is 2.63 bits per heavy atom. The molecule has 0 bridgehead atoms. The Balaban J connectivity index is 2.28. The van der Waals surface area contributed by atoms with Crippen molar-refractivity contribution in [3.8, 4) is 0 Å². The molecule has 19 heavy (non-hydrogen) atoms. The van der Waals surface area contributed by atoms with Crippen molar-refractivity contribution in [1.29, 1.82) is 0 Å². The summed E-state index contributed by atoms with van der Waals surface area (Å²) in [5.41, 5.74) is 6.18. The zero-order valence-corrected chi connectivity index (χ0v) is 10.5. The van der Waals surface area contributed by atoms with Gasteiger partial charge in [-0.25, -0.2) is 8.78 Å². The van der Waals surface area contributed by atoms with Crippen molar-refractivity contribution in [3.05, 3.63) is 64.2 Å². The normalized spacial score (nSPS) is 10.5. The molecule has 0 aliphatic rings. The molecule has 0 aliphatic heterocycles. The third-order valence-corrected chi connectivity index (χ3v) is 2.99. The maximum atomic E-state index is 13.5. The molecule has 0 radical (unpaired) electrons. The first-order chi connectivity index (χ1) is 8.99. The van der Waals surface area contributed by atoms with Crippen LogP contribution < -0.4 is 5.73 Å². The highest BCUT2D eigenvalue weighted by Crippen LogP contribution is 2.22. The fraction of sp³-hybridized carbons (Fsp3) is 0.0714. The van der Waals surface area contributed by atoms with E-state index in [0.29, 0.717) is 5.69 Å². The first-order valence-corrected chi connectivity index (χ1v) is 5.88. The summed E-state index contributed by atoms with van der Waals surface area (Å²) in [6.45, 7) is 0. The molecule has 0 amide bonds. The van der Waals surface area contributed by atoms with Crippen LogP contribution in [0.3, 0.4) is 0 Å². The summed E-state index contributed by atoms with van der Waals surface area (Å²) in [7, 11) is 0. The van der Waals surface area contributed by atoms with Crippen LogP contribution in [-0.2, 0) is 6.42 Å². The monoisotopic (exact) mass is 281 g/mol. The van der Waals surface area contributed by atoms with Gasteiger partial charge in [-0.2, -0.15) is 0 Å². The lowest BCUT2D eigenvalue weighted by Crippen LogP contribution is -2.07. The number of carbonyl (C=O) groups is 1. The van der Waals surface area contributed by atoms with E-state index in [0.717, 1.165) is 6.07 Å². The van der Waals surface area contributed by atoms with Crippen LogP contribution in [0.25, 0.3) is 0 Å². The molecule has 2 rings (SSSR count). The van der Waals surface area contributed by atoms with E-state index in [4.69, 9.17) is 17.3 Å². The summed E-state index contributed by atoms with van der Waals surface area (Å²) in [6, 6.07) is 8.15. The van der Waals surface area contributed by atoms with Gasteiger partial charge in [-0.15, -0.1) is 0 Å². The number of anilines is 1. The summed E-state index contributed by atoms with van der Waals surface area (Å²) in [5.74, 6) is -2.38. The average molecular weight is 282 g/mol. The van der Waals surface area contributed by atoms with E-state index in [9.17, 15) is 13.6 Å². The molecule has 0 unspecified atom stereocenters. The van der Waals surface area contributed by atoms with Crippen molar-refractivity contribution in [2.75, 3.05) is 5.73 Å². The molecule has 0 aromatic heterocycles. The predicted octanol–water partition coefficient (Wildman–Crippen LogP) is 3.63. The highest BCUT2D eigenvalue weighted by Gasteiger charge is 2.15. The van der Waals surface area contributed by atoms with Crippen LogP contribution in [0.4, 0.5) is 14.5 Å². The summed E-state index contributed by atoms with van der Waals surface area (Å²) in [6.07, 6.45) is -0.257. The Morgan fingerprint density at radius 2 is 1.95 bits per heavy atom. The van der Waals surface area contributed by atoms with Gasteiger partial charge in [0.2, 0.25) is 0 Å². The molecule has 2 nitrogen and oxygen atoms in total. The molecule has 98 valence electrons. The van der Waals surface area contributed by atoms with E-state index < -0.39 is 17.4 Å². The van der Waals surface area contributed by atoms with Crippen LogP contribution in [0.2, 0.25) is 5.02 Å². The number of hydrogen-bond acceptors (Lipinski definition) is 2. The minimum atomic E-state index is -1.01. The zero-order chi connectivity index (χ0) is 14.0. The second kappa shape index (κ2) is 5.36. The number of hydrogen-bond donors (Lipinski definition) is 1. The van der Waals surface area contributed by atoms with Crippen LogP contribution >= 0.6 is 11.6 Å². The van der Waals surface area contributed by atoms with Crippen LogP contribution in [0.5, 0.6) is 0 Å². The highest BCUT2D eigenvalue weighted by atomic mass is 35.5. The van der Waals surface area contributed by atoms with Gasteiger partial charge < -0.3 is 5.73 Å². The Bertz CT molecular complexity index is 643. The summed E-state index contributed by atoms with van der Waals surface area (Å²) >= 11 is 5.89. The summed E-state index contributed by atoms with van der Waals surface area (Å²) in [4.78, 5) is 12.0. The van der Waals surface area contributed by atoms with Crippen molar-refractivity contribution >= 4 is 23.1 Å². The quantitative estimate of drug-likeness (QED) is 0.690. The van der Waals surface area contributed by atoms with Gasteiger partial charge >= 0.3 is 0 Å². The molecular formula is C14H10ClF2NO. The number of rotatable bonds is 3. The fourth-order valence-corrected chi connectivity index (χ4v) is 2.01. The molecule has 0 heterocycles. The van der Waals surface area contributed by atoms with Crippen LogP contribution in [0, 0.1) is 11.6 Å². The van der Waals surface area contributed by atoms with E-state index in [1.54, 1.807) is 0 Å². The van der Waals surface area contributed by atoms with Gasteiger partial charge in [0.15, 0.2) is 17.4 Å². The zero-order valence-electron chi connectivity index (χ0n) is 9.79. The lowest BCUT2D eigenvalue weighted by molar-refractivity contribution is 0.0992. The molecule has 0 spiro atoms. The summed E-state index contributed by atoms with van der Waals surface area (Å²) < 4.78 is 26.5. The SMILES string of the molecule is Nc1ccc(C(=O)Cc2cccc(F)c2F)c(Cl)c1. The Labute approximate surface area is 113 Å². The number of Topliss-reactive ketones (excluding diaryl/α,β-unsaturated/α-hetero) is 1. The highest BCUT2D eigenvalue weighted by molar-refractivity contribution is 6.34. The van der Waals surface area contributed by atoms with Gasteiger partial charge in [-0.3, -0.25) is 4.79 Å². The molecule has 5 heteroatoms. The minimum Gasteiger partial charge on any atom is -0.399 e. The maximum Gasteiger partial charge on any atom is 0.168 e. The lowest BCUT2D eigenvalue weighted by atomic mass is 10.0. The van der Waals surface area contributed by atoms with E-state index in [2.05, 4.69) is 0 Å². The number of nitrogen functional groups attached to an aromatic ring is 1. The second-order valence-electron chi connectivity index (χ2n) is 4.05. The van der Waals surface area contributed by atoms with Gasteiger partial charge in [-0.05, 0) is 29.8 Å². The van der Waals surface area contributed by atoms with Crippen LogP contribution in [-0.4, -0.2) is 5.78 Å².